The molecule has 0 spiro atoms. The number of amides is 5. The first-order valence-corrected chi connectivity index (χ1v) is 14.9. The van der Waals surface area contributed by atoms with E-state index in [1.54, 1.807) is 13.8 Å². The van der Waals surface area contributed by atoms with E-state index < -0.39 is 102 Å². The van der Waals surface area contributed by atoms with Crippen LogP contribution in [0.5, 0.6) is 0 Å². The number of aliphatic carboxylic acids is 1. The molecule has 0 aromatic rings. The number of hydrogen-bond donors (Lipinski definition) is 9. The molecule has 20 heteroatoms. The molecule has 46 heavy (non-hydrogen) atoms. The SMILES string of the molecule is CC(NC(=O)C1C(O)C(O)C=NN1C(=O)CO)C(=O)N1NCC(Cl)CC1C(=O)N1NC(C)(C)CCC1C(=O)NC(C)(CO)C(=O)O. The molecule has 3 heterocycles. The minimum absolute atomic E-state index is 0.0368. The maximum absolute atomic E-state index is 14.1. The van der Waals surface area contributed by atoms with Crippen LogP contribution in [-0.2, 0) is 28.8 Å². The fourth-order valence-corrected chi connectivity index (χ4v) is 5.40. The number of hydrogen-bond acceptors (Lipinski definition) is 13. The lowest BCUT2D eigenvalue weighted by Gasteiger charge is -2.47. The number of nitrogens with one attached hydrogen (secondary N) is 4. The van der Waals surface area contributed by atoms with E-state index in [9.17, 15) is 54.3 Å². The van der Waals surface area contributed by atoms with Gasteiger partial charge in [-0.25, -0.2) is 20.7 Å². The molecule has 19 nitrogen and oxygen atoms in total. The van der Waals surface area contributed by atoms with E-state index in [0.717, 1.165) is 23.2 Å². The van der Waals surface area contributed by atoms with Crippen LogP contribution in [0.25, 0.3) is 0 Å². The van der Waals surface area contributed by atoms with Gasteiger partial charge < -0.3 is 36.2 Å². The number of halogens is 1. The zero-order chi connectivity index (χ0) is 34.7. The molecule has 0 aliphatic carbocycles. The molecule has 8 unspecified atom stereocenters. The number of carboxylic acids is 1. The zero-order valence-electron chi connectivity index (χ0n) is 25.7. The van der Waals surface area contributed by atoms with Crippen molar-refractivity contribution in [3.63, 3.8) is 0 Å². The number of aliphatic hydroxyl groups is 4. The van der Waals surface area contributed by atoms with Gasteiger partial charge in [0.2, 0.25) is 11.8 Å². The summed E-state index contributed by atoms with van der Waals surface area (Å²) in [4.78, 5) is 78.0. The molecule has 258 valence electrons. The minimum Gasteiger partial charge on any atom is -0.479 e. The summed E-state index contributed by atoms with van der Waals surface area (Å²) >= 11 is 6.36. The van der Waals surface area contributed by atoms with Crippen LogP contribution in [0.2, 0.25) is 0 Å². The highest BCUT2D eigenvalue weighted by molar-refractivity contribution is 6.21. The number of alkyl halides is 1. The van der Waals surface area contributed by atoms with E-state index in [0.29, 0.717) is 11.4 Å². The monoisotopic (exact) mass is 676 g/mol. The van der Waals surface area contributed by atoms with Gasteiger partial charge in [-0.05, 0) is 47.0 Å². The van der Waals surface area contributed by atoms with Crippen LogP contribution < -0.4 is 21.5 Å². The van der Waals surface area contributed by atoms with Gasteiger partial charge in [0.15, 0.2) is 11.6 Å². The Kier molecular flexibility index (Phi) is 11.7. The molecule has 0 saturated carbocycles. The summed E-state index contributed by atoms with van der Waals surface area (Å²) in [6, 6.07) is -5.77. The molecule has 0 aromatic carbocycles. The third-order valence-electron chi connectivity index (χ3n) is 7.97. The van der Waals surface area contributed by atoms with Crippen LogP contribution in [0.4, 0.5) is 0 Å². The Labute approximate surface area is 268 Å². The summed E-state index contributed by atoms with van der Waals surface area (Å²) < 4.78 is 0. The van der Waals surface area contributed by atoms with Crippen molar-refractivity contribution in [2.75, 3.05) is 19.8 Å². The van der Waals surface area contributed by atoms with Gasteiger partial charge in [0, 0.05) is 12.1 Å². The largest absolute Gasteiger partial charge is 0.479 e. The third kappa shape index (κ3) is 7.91. The summed E-state index contributed by atoms with van der Waals surface area (Å²) in [6.45, 7) is 3.97. The highest BCUT2D eigenvalue weighted by atomic mass is 35.5. The van der Waals surface area contributed by atoms with Crippen molar-refractivity contribution in [2.24, 2.45) is 5.10 Å². The maximum atomic E-state index is 14.1. The molecule has 3 aliphatic rings. The Bertz CT molecular complexity index is 1250. The number of carbonyl (C=O) groups excluding carboxylic acids is 5. The van der Waals surface area contributed by atoms with Gasteiger partial charge in [-0.2, -0.15) is 5.10 Å². The second kappa shape index (κ2) is 14.5. The topological polar surface area (TPSA) is 274 Å². The van der Waals surface area contributed by atoms with Crippen LogP contribution in [0, 0.1) is 0 Å². The predicted molar refractivity (Wildman–Crippen MR) is 157 cm³/mol. The second-order valence-corrected chi connectivity index (χ2v) is 12.9. The van der Waals surface area contributed by atoms with Crippen molar-refractivity contribution in [3.8, 4) is 0 Å². The molecular formula is C26H41ClN8O11. The normalized spacial score (nSPS) is 29.7. The van der Waals surface area contributed by atoms with Gasteiger partial charge in [-0.15, -0.1) is 11.6 Å². The second-order valence-electron chi connectivity index (χ2n) is 12.3. The molecule has 0 radical (unpaired) electrons. The quantitative estimate of drug-likeness (QED) is 0.104. The molecular weight excluding hydrogens is 636 g/mol. The van der Waals surface area contributed by atoms with E-state index in [-0.39, 0.29) is 19.4 Å². The van der Waals surface area contributed by atoms with E-state index in [1.807, 2.05) is 0 Å². The number of carboxylic acid groups (broad SMARTS) is 1. The molecule has 5 amide bonds. The fourth-order valence-electron chi connectivity index (χ4n) is 5.16. The first-order chi connectivity index (χ1) is 21.4. The van der Waals surface area contributed by atoms with Crippen LogP contribution >= 0.6 is 11.6 Å². The molecule has 0 bridgehead atoms. The van der Waals surface area contributed by atoms with Gasteiger partial charge in [-0.1, -0.05) is 0 Å². The number of rotatable bonds is 9. The van der Waals surface area contributed by atoms with Crippen molar-refractivity contribution < 1.29 is 54.3 Å². The lowest BCUT2D eigenvalue weighted by atomic mass is 9.91. The highest BCUT2D eigenvalue weighted by Crippen LogP contribution is 2.27. The standard InChI is InChI=1S/C26H41ClN8O11/c1-12(30-21(42)18-19(40)16(38)9-29-35(18)17(39)10-36)22(43)33-15(7-13(27)8-28-33)23(44)34-14(5-6-25(2,3)32-34)20(41)31-26(4,11-37)24(45)46/h9,12-16,18-19,28,32,36-38,40H,5-8,10-11H2,1-4H3,(H,30,42)(H,31,41)(H,45,46). The molecule has 2 saturated heterocycles. The van der Waals surface area contributed by atoms with E-state index >= 15 is 0 Å². The summed E-state index contributed by atoms with van der Waals surface area (Å²) in [5.41, 5.74) is 2.99. The van der Waals surface area contributed by atoms with Gasteiger partial charge >= 0.3 is 5.97 Å². The fraction of sp³-hybridized carbons (Fsp3) is 0.731. The average Bonchev–Trinajstić information content (AvgIpc) is 3.00. The summed E-state index contributed by atoms with van der Waals surface area (Å²) in [5, 5.41) is 58.8. The average molecular weight is 677 g/mol. The predicted octanol–water partition coefficient (Wildman–Crippen LogP) is -4.66. The Morgan fingerprint density at radius 1 is 1.11 bits per heavy atom. The zero-order valence-corrected chi connectivity index (χ0v) is 26.5. The van der Waals surface area contributed by atoms with Crippen molar-refractivity contribution in [1.29, 1.82) is 0 Å². The molecule has 3 rings (SSSR count). The Morgan fingerprint density at radius 3 is 2.35 bits per heavy atom. The number of hydrazone groups is 1. The Morgan fingerprint density at radius 2 is 1.76 bits per heavy atom. The summed E-state index contributed by atoms with van der Waals surface area (Å²) in [7, 11) is 0. The van der Waals surface area contributed by atoms with Crippen molar-refractivity contribution in [3.05, 3.63) is 0 Å². The highest BCUT2D eigenvalue weighted by Gasteiger charge is 2.48. The third-order valence-corrected chi connectivity index (χ3v) is 8.30. The first-order valence-electron chi connectivity index (χ1n) is 14.5. The first kappa shape index (κ1) is 37.0. The Hall–Kier alpha value is -3.46. The van der Waals surface area contributed by atoms with Crippen LogP contribution in [0.1, 0.15) is 47.0 Å². The lowest BCUT2D eigenvalue weighted by molar-refractivity contribution is -0.164. The van der Waals surface area contributed by atoms with E-state index in [1.165, 1.54) is 6.92 Å². The van der Waals surface area contributed by atoms with Crippen LogP contribution in [-0.4, -0.2) is 155 Å². The molecule has 3 aliphatic heterocycles. The van der Waals surface area contributed by atoms with Gasteiger partial charge in [-0.3, -0.25) is 34.0 Å². The van der Waals surface area contributed by atoms with Crippen LogP contribution in [0.3, 0.4) is 0 Å². The van der Waals surface area contributed by atoms with Crippen molar-refractivity contribution in [2.45, 2.75) is 99.8 Å². The van der Waals surface area contributed by atoms with Gasteiger partial charge in [0.25, 0.3) is 17.7 Å². The maximum Gasteiger partial charge on any atom is 0.331 e. The minimum atomic E-state index is -2.04. The number of hydrazine groups is 2. The van der Waals surface area contributed by atoms with E-state index in [4.69, 9.17) is 11.6 Å². The van der Waals surface area contributed by atoms with E-state index in [2.05, 4.69) is 26.6 Å². The molecule has 0 aromatic heterocycles. The van der Waals surface area contributed by atoms with Crippen molar-refractivity contribution >= 4 is 53.3 Å². The molecule has 8 atom stereocenters. The lowest BCUT2D eigenvalue weighted by Crippen LogP contribution is -2.72. The van der Waals surface area contributed by atoms with Gasteiger partial charge in [0.1, 0.15) is 36.9 Å². The molecule has 9 N–H and O–H groups in total. The number of aliphatic hydroxyl groups excluding tert-OH is 4. The number of nitrogens with zero attached hydrogens (tertiary/aromatic N) is 4. The summed E-state index contributed by atoms with van der Waals surface area (Å²) in [6.07, 6.45) is -2.26. The Balaban J connectivity index is 1.85. The smallest absolute Gasteiger partial charge is 0.331 e. The summed E-state index contributed by atoms with van der Waals surface area (Å²) in [5.74, 6) is -6.14. The number of carbonyl (C=O) groups is 6. The van der Waals surface area contributed by atoms with Crippen LogP contribution in [0.15, 0.2) is 5.10 Å². The van der Waals surface area contributed by atoms with Gasteiger partial charge in [0.05, 0.1) is 18.2 Å². The molecule has 2 fully saturated rings. The van der Waals surface area contributed by atoms with Crippen molar-refractivity contribution in [1.82, 2.24) is 36.5 Å².